The number of ether oxygens (including phenoxy) is 2. The van der Waals surface area contributed by atoms with Gasteiger partial charge in [-0.1, -0.05) is 0 Å². The Morgan fingerprint density at radius 2 is 1.62 bits per heavy atom. The van der Waals surface area contributed by atoms with Gasteiger partial charge in [0.1, 0.15) is 0 Å². The van der Waals surface area contributed by atoms with Gasteiger partial charge in [-0.25, -0.2) is 9.18 Å². The minimum absolute atomic E-state index is 0.00349. The van der Waals surface area contributed by atoms with Gasteiger partial charge in [-0.05, 0) is 0 Å². The second-order valence-corrected chi connectivity index (χ2v) is 4.93. The number of carbonyl (C=O) groups excluding carboxylic acids is 2. The van der Waals surface area contributed by atoms with Crippen molar-refractivity contribution in [1.29, 1.82) is 0 Å². The highest BCUT2D eigenvalue weighted by molar-refractivity contribution is 5.85. The van der Waals surface area contributed by atoms with Gasteiger partial charge in [-0.3, -0.25) is 4.79 Å². The molecule has 8 heteroatoms. The van der Waals surface area contributed by atoms with Crippen LogP contribution in [-0.4, -0.2) is 76.1 Å². The van der Waals surface area contributed by atoms with Crippen molar-refractivity contribution in [3.63, 3.8) is 0 Å². The molecule has 0 spiro atoms. The third-order valence-electron chi connectivity index (χ3n) is 3.42. The van der Waals surface area contributed by atoms with E-state index in [0.717, 1.165) is 0 Å². The van der Waals surface area contributed by atoms with E-state index in [0.29, 0.717) is 19.8 Å². The molecule has 0 atom stereocenters. The molecule has 1 heterocycles. The zero-order valence-electron chi connectivity index (χ0n) is 12.6. The highest BCUT2D eigenvalue weighted by Crippen LogP contribution is 2.26. The largest absolute Gasteiger partial charge is 0.383 e. The molecule has 0 bridgehead atoms. The standard InChI is InChI=1S/C13H24FN3O4/c1-20-9-5-15-11(18)13(14)3-7-17(8-4-13)12(19)16-6-10-21-2/h3-10H2,1-2H3,(H,15,18)(H,16,19). The average molecular weight is 305 g/mol. The highest BCUT2D eigenvalue weighted by atomic mass is 19.1. The predicted octanol–water partition coefficient (Wildman–Crippen LogP) is -0.0909. The molecule has 0 radical (unpaired) electrons. The highest BCUT2D eigenvalue weighted by Gasteiger charge is 2.42. The number of methoxy groups -OCH3 is 2. The fourth-order valence-corrected chi connectivity index (χ4v) is 2.09. The van der Waals surface area contributed by atoms with Crippen LogP contribution in [0.15, 0.2) is 0 Å². The molecule has 0 aromatic heterocycles. The van der Waals surface area contributed by atoms with Gasteiger partial charge in [-0.2, -0.15) is 0 Å². The molecule has 0 aliphatic carbocycles. The monoisotopic (exact) mass is 305 g/mol. The summed E-state index contributed by atoms with van der Waals surface area (Å²) in [5.41, 5.74) is -1.91. The number of urea groups is 1. The number of carbonyl (C=O) groups is 2. The summed E-state index contributed by atoms with van der Waals surface area (Å²) in [5, 5.41) is 5.18. The van der Waals surface area contributed by atoms with Crippen LogP contribution in [0.25, 0.3) is 0 Å². The van der Waals surface area contributed by atoms with Crippen LogP contribution in [-0.2, 0) is 14.3 Å². The number of amides is 3. The first kappa shape index (κ1) is 17.6. The molecule has 0 aromatic carbocycles. The summed E-state index contributed by atoms with van der Waals surface area (Å²) < 4.78 is 24.1. The average Bonchev–Trinajstić information content (AvgIpc) is 2.48. The van der Waals surface area contributed by atoms with Crippen LogP contribution in [0.2, 0.25) is 0 Å². The first-order valence-corrected chi connectivity index (χ1v) is 7.01. The molecule has 1 aliphatic heterocycles. The molecule has 21 heavy (non-hydrogen) atoms. The van der Waals surface area contributed by atoms with Gasteiger partial charge in [0.25, 0.3) is 5.91 Å². The van der Waals surface area contributed by atoms with E-state index in [2.05, 4.69) is 10.6 Å². The van der Waals surface area contributed by atoms with Crippen molar-refractivity contribution in [2.75, 3.05) is 53.6 Å². The molecule has 1 aliphatic rings. The van der Waals surface area contributed by atoms with Crippen LogP contribution >= 0.6 is 0 Å². The van der Waals surface area contributed by atoms with Crippen molar-refractivity contribution in [2.45, 2.75) is 18.5 Å². The van der Waals surface area contributed by atoms with Gasteiger partial charge in [0.2, 0.25) is 0 Å². The Bertz CT molecular complexity index is 346. The fraction of sp³-hybridized carbons (Fsp3) is 0.846. The number of likely N-dealkylation sites (tertiary alicyclic amines) is 1. The Morgan fingerprint density at radius 1 is 1.10 bits per heavy atom. The summed E-state index contributed by atoms with van der Waals surface area (Å²) in [5.74, 6) is -0.626. The summed E-state index contributed by atoms with van der Waals surface area (Å²) in [4.78, 5) is 25.1. The molecule has 3 amide bonds. The van der Waals surface area contributed by atoms with Gasteiger partial charge in [-0.15, -0.1) is 0 Å². The first-order chi connectivity index (χ1) is 10.0. The Balaban J connectivity index is 2.35. The molecule has 122 valence electrons. The van der Waals surface area contributed by atoms with Crippen LogP contribution in [0.1, 0.15) is 12.8 Å². The smallest absolute Gasteiger partial charge is 0.317 e. The van der Waals surface area contributed by atoms with Gasteiger partial charge >= 0.3 is 6.03 Å². The van der Waals surface area contributed by atoms with Crippen molar-refractivity contribution < 1.29 is 23.5 Å². The Morgan fingerprint density at radius 3 is 2.14 bits per heavy atom. The molecule has 1 rings (SSSR count). The number of alkyl halides is 1. The van der Waals surface area contributed by atoms with Crippen molar-refractivity contribution >= 4 is 11.9 Å². The number of nitrogens with zero attached hydrogens (tertiary/aromatic N) is 1. The van der Waals surface area contributed by atoms with E-state index >= 15 is 0 Å². The molecule has 1 fully saturated rings. The lowest BCUT2D eigenvalue weighted by atomic mass is 9.92. The maximum atomic E-state index is 14.5. The lowest BCUT2D eigenvalue weighted by Crippen LogP contribution is -2.54. The van der Waals surface area contributed by atoms with Crippen LogP contribution in [0.4, 0.5) is 9.18 Å². The molecule has 1 saturated heterocycles. The van der Waals surface area contributed by atoms with Gasteiger partial charge in [0.15, 0.2) is 5.67 Å². The van der Waals surface area contributed by atoms with E-state index in [1.807, 2.05) is 0 Å². The molecule has 0 saturated carbocycles. The Labute approximate surface area is 124 Å². The van der Waals surface area contributed by atoms with E-state index in [4.69, 9.17) is 9.47 Å². The van der Waals surface area contributed by atoms with E-state index in [1.54, 1.807) is 7.11 Å². The van der Waals surface area contributed by atoms with Crippen molar-refractivity contribution in [2.24, 2.45) is 0 Å². The molecule has 7 nitrogen and oxygen atoms in total. The lowest BCUT2D eigenvalue weighted by Gasteiger charge is -2.35. The third kappa shape index (κ3) is 5.47. The third-order valence-corrected chi connectivity index (χ3v) is 3.42. The first-order valence-electron chi connectivity index (χ1n) is 7.01. The number of halogens is 1. The second-order valence-electron chi connectivity index (χ2n) is 4.93. The number of rotatable bonds is 7. The number of nitrogens with one attached hydrogen (secondary N) is 2. The normalized spacial score (nSPS) is 17.4. The van der Waals surface area contributed by atoms with Gasteiger partial charge in [0, 0.05) is 53.2 Å². The van der Waals surface area contributed by atoms with Crippen LogP contribution < -0.4 is 10.6 Å². The second kappa shape index (κ2) is 8.78. The summed E-state index contributed by atoms with van der Waals surface area (Å²) >= 11 is 0. The lowest BCUT2D eigenvalue weighted by molar-refractivity contribution is -0.135. The zero-order chi connectivity index (χ0) is 15.7. The molecule has 2 N–H and O–H groups in total. The van der Waals surface area contributed by atoms with E-state index in [-0.39, 0.29) is 38.5 Å². The van der Waals surface area contributed by atoms with Crippen LogP contribution in [0.3, 0.4) is 0 Å². The fourth-order valence-electron chi connectivity index (χ4n) is 2.09. The number of piperidine rings is 1. The summed E-state index contributed by atoms with van der Waals surface area (Å²) in [6.07, 6.45) is 0.00697. The van der Waals surface area contributed by atoms with Crippen molar-refractivity contribution in [1.82, 2.24) is 15.5 Å². The van der Waals surface area contributed by atoms with Crippen molar-refractivity contribution in [3.05, 3.63) is 0 Å². The van der Waals surface area contributed by atoms with Gasteiger partial charge < -0.3 is 25.0 Å². The minimum Gasteiger partial charge on any atom is -0.383 e. The maximum absolute atomic E-state index is 14.5. The quantitative estimate of drug-likeness (QED) is 0.644. The summed E-state index contributed by atoms with van der Waals surface area (Å²) in [6.45, 7) is 1.89. The Kier molecular flexibility index (Phi) is 7.38. The predicted molar refractivity (Wildman–Crippen MR) is 74.8 cm³/mol. The topological polar surface area (TPSA) is 79.9 Å². The van der Waals surface area contributed by atoms with Crippen molar-refractivity contribution in [3.8, 4) is 0 Å². The summed E-state index contributed by atoms with van der Waals surface area (Å²) in [6, 6.07) is -0.256. The van der Waals surface area contributed by atoms with Crippen LogP contribution in [0, 0.1) is 0 Å². The van der Waals surface area contributed by atoms with E-state index in [1.165, 1.54) is 12.0 Å². The molecular weight excluding hydrogens is 281 g/mol. The zero-order valence-corrected chi connectivity index (χ0v) is 12.6. The van der Waals surface area contributed by atoms with E-state index < -0.39 is 11.6 Å². The summed E-state index contributed by atoms with van der Waals surface area (Å²) in [7, 11) is 3.06. The molecule has 0 aromatic rings. The SMILES string of the molecule is COCCNC(=O)N1CCC(F)(C(=O)NCCOC)CC1. The van der Waals surface area contributed by atoms with Crippen LogP contribution in [0.5, 0.6) is 0 Å². The van der Waals surface area contributed by atoms with E-state index in [9.17, 15) is 14.0 Å². The number of hydrogen-bond acceptors (Lipinski definition) is 4. The maximum Gasteiger partial charge on any atom is 0.317 e. The Hall–Kier alpha value is -1.41. The number of hydrogen-bond donors (Lipinski definition) is 2. The molecule has 0 unspecified atom stereocenters. The molecular formula is C13H24FN3O4. The minimum atomic E-state index is -1.91. The van der Waals surface area contributed by atoms with Gasteiger partial charge in [0.05, 0.1) is 13.2 Å².